The number of aliphatic hydroxyl groups is 1. The minimum atomic E-state index is -0.836. The molecule has 2 aromatic rings. The van der Waals surface area contributed by atoms with E-state index in [-0.39, 0.29) is 5.82 Å². The quantitative estimate of drug-likeness (QED) is 0.928. The Kier molecular flexibility index (Phi) is 3.32. The summed E-state index contributed by atoms with van der Waals surface area (Å²) in [6.45, 7) is 4.10. The van der Waals surface area contributed by atoms with E-state index in [1.54, 1.807) is 12.1 Å². The lowest BCUT2D eigenvalue weighted by Gasteiger charge is -2.47. The van der Waals surface area contributed by atoms with Crippen LogP contribution >= 0.6 is 0 Å². The van der Waals surface area contributed by atoms with E-state index in [4.69, 9.17) is 0 Å². The van der Waals surface area contributed by atoms with E-state index >= 15 is 0 Å². The van der Waals surface area contributed by atoms with Crippen LogP contribution < -0.4 is 0 Å². The largest absolute Gasteiger partial charge is 0.382 e. The first kappa shape index (κ1) is 13.3. The first-order valence-corrected chi connectivity index (χ1v) is 6.81. The van der Waals surface area contributed by atoms with Gasteiger partial charge in [0.2, 0.25) is 0 Å². The molecule has 1 saturated heterocycles. The minimum absolute atomic E-state index is 0.270. The Morgan fingerprint density at radius 1 is 1.15 bits per heavy atom. The van der Waals surface area contributed by atoms with Crippen molar-refractivity contribution < 1.29 is 9.50 Å². The van der Waals surface area contributed by atoms with Crippen molar-refractivity contribution in [2.75, 3.05) is 13.1 Å². The van der Waals surface area contributed by atoms with Crippen LogP contribution in [-0.2, 0) is 12.1 Å². The van der Waals surface area contributed by atoms with Gasteiger partial charge in [-0.25, -0.2) is 4.39 Å². The lowest BCUT2D eigenvalue weighted by molar-refractivity contribution is -0.108. The SMILES string of the molecule is Cc1cccc(CN2CC(O)(c3ccc(F)cc3)C2)c1. The van der Waals surface area contributed by atoms with Gasteiger partial charge in [0.15, 0.2) is 0 Å². The van der Waals surface area contributed by atoms with Gasteiger partial charge < -0.3 is 5.11 Å². The van der Waals surface area contributed by atoms with Crippen molar-refractivity contribution >= 4 is 0 Å². The zero-order valence-electron chi connectivity index (χ0n) is 11.5. The van der Waals surface area contributed by atoms with E-state index in [1.807, 2.05) is 0 Å². The summed E-state index contributed by atoms with van der Waals surface area (Å²) >= 11 is 0. The highest BCUT2D eigenvalue weighted by Gasteiger charge is 2.42. The number of likely N-dealkylation sites (tertiary alicyclic amines) is 1. The Bertz CT molecular complexity index is 603. The Morgan fingerprint density at radius 2 is 1.85 bits per heavy atom. The second-order valence-corrected chi connectivity index (χ2v) is 5.67. The highest BCUT2D eigenvalue weighted by Crippen LogP contribution is 2.32. The van der Waals surface area contributed by atoms with Crippen LogP contribution in [0.3, 0.4) is 0 Å². The predicted octanol–water partition coefficient (Wildman–Crippen LogP) is 2.84. The molecule has 2 nitrogen and oxygen atoms in total. The van der Waals surface area contributed by atoms with Gasteiger partial charge in [-0.2, -0.15) is 0 Å². The average Bonchev–Trinajstić information content (AvgIpc) is 2.37. The van der Waals surface area contributed by atoms with E-state index in [0.717, 1.165) is 12.1 Å². The molecule has 0 amide bonds. The second-order valence-electron chi connectivity index (χ2n) is 5.67. The lowest BCUT2D eigenvalue weighted by Crippen LogP contribution is -2.58. The van der Waals surface area contributed by atoms with Crippen LogP contribution in [0.4, 0.5) is 4.39 Å². The summed E-state index contributed by atoms with van der Waals surface area (Å²) in [6.07, 6.45) is 0. The molecule has 104 valence electrons. The first-order valence-electron chi connectivity index (χ1n) is 6.81. The third-order valence-corrected chi connectivity index (χ3v) is 3.84. The normalized spacial score (nSPS) is 17.8. The van der Waals surface area contributed by atoms with Crippen LogP contribution in [0, 0.1) is 12.7 Å². The molecule has 0 aromatic heterocycles. The molecule has 0 radical (unpaired) electrons. The summed E-state index contributed by atoms with van der Waals surface area (Å²) in [4.78, 5) is 2.19. The Morgan fingerprint density at radius 3 is 2.50 bits per heavy atom. The minimum Gasteiger partial charge on any atom is -0.382 e. The molecule has 1 aliphatic heterocycles. The average molecular weight is 271 g/mol. The van der Waals surface area contributed by atoms with Gasteiger partial charge >= 0.3 is 0 Å². The van der Waals surface area contributed by atoms with Crippen LogP contribution in [0.2, 0.25) is 0 Å². The summed E-state index contributed by atoms with van der Waals surface area (Å²) < 4.78 is 12.9. The maximum atomic E-state index is 12.9. The van der Waals surface area contributed by atoms with Crippen molar-refractivity contribution in [1.82, 2.24) is 4.90 Å². The van der Waals surface area contributed by atoms with E-state index in [2.05, 4.69) is 36.1 Å². The second kappa shape index (κ2) is 5.00. The van der Waals surface area contributed by atoms with Crippen LogP contribution in [0.25, 0.3) is 0 Å². The number of rotatable bonds is 3. The summed E-state index contributed by atoms with van der Waals surface area (Å²) in [7, 11) is 0. The molecule has 0 unspecified atom stereocenters. The van der Waals surface area contributed by atoms with Crippen LogP contribution in [0.5, 0.6) is 0 Å². The fourth-order valence-electron chi connectivity index (χ4n) is 2.82. The van der Waals surface area contributed by atoms with Gasteiger partial charge in [0.1, 0.15) is 11.4 Å². The molecule has 1 fully saturated rings. The molecule has 3 heteroatoms. The van der Waals surface area contributed by atoms with Gasteiger partial charge in [0.05, 0.1) is 0 Å². The summed E-state index contributed by atoms with van der Waals surface area (Å²) in [5.74, 6) is -0.270. The van der Waals surface area contributed by atoms with Crippen LogP contribution in [0.1, 0.15) is 16.7 Å². The number of hydrogen-bond donors (Lipinski definition) is 1. The fraction of sp³-hybridized carbons (Fsp3) is 0.294. The molecular weight excluding hydrogens is 253 g/mol. The van der Waals surface area contributed by atoms with Gasteiger partial charge in [-0.15, -0.1) is 0 Å². The molecule has 1 N–H and O–H groups in total. The standard InChI is InChI=1S/C17H18FNO/c1-13-3-2-4-14(9-13)10-19-11-17(20,12-19)15-5-7-16(18)8-6-15/h2-9,20H,10-12H2,1H3. The highest BCUT2D eigenvalue weighted by molar-refractivity contribution is 5.28. The van der Waals surface area contributed by atoms with E-state index in [9.17, 15) is 9.50 Å². The molecular formula is C17H18FNO. The van der Waals surface area contributed by atoms with Gasteiger partial charge in [-0.3, -0.25) is 4.90 Å². The molecule has 2 aromatic carbocycles. The summed E-state index contributed by atoms with van der Waals surface area (Å²) in [6, 6.07) is 14.5. The number of β-amino-alcohol motifs (C(OH)–C–C–N with tert-alkyl or cyclic N) is 1. The predicted molar refractivity (Wildman–Crippen MR) is 76.8 cm³/mol. The van der Waals surface area contributed by atoms with E-state index < -0.39 is 5.60 Å². The zero-order valence-corrected chi connectivity index (χ0v) is 11.5. The summed E-state index contributed by atoms with van der Waals surface area (Å²) in [5, 5.41) is 10.5. The van der Waals surface area contributed by atoms with E-state index in [0.29, 0.717) is 13.1 Å². The van der Waals surface area contributed by atoms with Gasteiger partial charge in [0, 0.05) is 19.6 Å². The third kappa shape index (κ3) is 2.60. The van der Waals surface area contributed by atoms with Crippen molar-refractivity contribution in [2.24, 2.45) is 0 Å². The zero-order chi connectivity index (χ0) is 14.2. The monoisotopic (exact) mass is 271 g/mol. The van der Waals surface area contributed by atoms with Crippen molar-refractivity contribution in [2.45, 2.75) is 19.1 Å². The van der Waals surface area contributed by atoms with Crippen molar-refractivity contribution in [3.63, 3.8) is 0 Å². The molecule has 20 heavy (non-hydrogen) atoms. The van der Waals surface area contributed by atoms with E-state index in [1.165, 1.54) is 23.3 Å². The molecule has 0 aliphatic carbocycles. The van der Waals surface area contributed by atoms with Crippen LogP contribution in [-0.4, -0.2) is 23.1 Å². The van der Waals surface area contributed by atoms with Crippen molar-refractivity contribution in [1.29, 1.82) is 0 Å². The van der Waals surface area contributed by atoms with Gasteiger partial charge in [0.25, 0.3) is 0 Å². The fourth-order valence-corrected chi connectivity index (χ4v) is 2.82. The Labute approximate surface area is 118 Å². The first-order chi connectivity index (χ1) is 9.55. The van der Waals surface area contributed by atoms with Gasteiger partial charge in [-0.1, -0.05) is 42.0 Å². The Hall–Kier alpha value is -1.71. The number of hydrogen-bond acceptors (Lipinski definition) is 2. The van der Waals surface area contributed by atoms with Crippen molar-refractivity contribution in [3.05, 3.63) is 71.0 Å². The maximum absolute atomic E-state index is 12.9. The third-order valence-electron chi connectivity index (χ3n) is 3.84. The molecule has 1 aliphatic rings. The topological polar surface area (TPSA) is 23.5 Å². The number of halogens is 1. The highest BCUT2D eigenvalue weighted by atomic mass is 19.1. The smallest absolute Gasteiger partial charge is 0.123 e. The lowest BCUT2D eigenvalue weighted by atomic mass is 9.86. The molecule has 0 spiro atoms. The molecule has 0 saturated carbocycles. The molecule has 0 bridgehead atoms. The molecule has 0 atom stereocenters. The number of benzene rings is 2. The van der Waals surface area contributed by atoms with Gasteiger partial charge in [-0.05, 0) is 30.2 Å². The summed E-state index contributed by atoms with van der Waals surface area (Å²) in [5.41, 5.74) is 2.46. The number of nitrogens with zero attached hydrogens (tertiary/aromatic N) is 1. The molecule has 3 rings (SSSR count). The number of aryl methyl sites for hydroxylation is 1. The maximum Gasteiger partial charge on any atom is 0.123 e. The van der Waals surface area contributed by atoms with Crippen molar-refractivity contribution in [3.8, 4) is 0 Å². The molecule has 1 heterocycles. The van der Waals surface area contributed by atoms with Crippen LogP contribution in [0.15, 0.2) is 48.5 Å². The Balaban J connectivity index is 1.64.